The molecule has 0 atom stereocenters. The molecule has 0 aliphatic carbocycles. The van der Waals surface area contributed by atoms with Crippen LogP contribution in [0.5, 0.6) is 5.75 Å². The van der Waals surface area contributed by atoms with E-state index in [0.29, 0.717) is 0 Å². The van der Waals surface area contributed by atoms with E-state index < -0.39 is 0 Å². The van der Waals surface area contributed by atoms with Crippen molar-refractivity contribution in [1.82, 2.24) is 0 Å². The van der Waals surface area contributed by atoms with Crippen molar-refractivity contribution in [2.75, 3.05) is 25.2 Å². The van der Waals surface area contributed by atoms with Crippen molar-refractivity contribution in [3.8, 4) is 5.75 Å². The van der Waals surface area contributed by atoms with Crippen LogP contribution in [-0.2, 0) is 4.74 Å². The molecule has 0 bridgehead atoms. The molecule has 0 amide bonds. The van der Waals surface area contributed by atoms with Crippen LogP contribution in [0.1, 0.15) is 38.5 Å². The van der Waals surface area contributed by atoms with E-state index in [1.165, 1.54) is 36.5 Å². The lowest BCUT2D eigenvalue weighted by atomic mass is 10.1. The van der Waals surface area contributed by atoms with Crippen molar-refractivity contribution in [3.63, 3.8) is 0 Å². The summed E-state index contributed by atoms with van der Waals surface area (Å²) in [5.74, 6) is 0.982. The second kappa shape index (κ2) is 11.5. The highest BCUT2D eigenvalue weighted by molar-refractivity contribution is 9.09. The zero-order valence-corrected chi connectivity index (χ0v) is 15.4. The molecule has 2 rings (SSSR count). The minimum Gasteiger partial charge on any atom is -0.493 e. The molecule has 2 aromatic carbocycles. The highest BCUT2D eigenvalue weighted by atomic mass is 79.9. The maximum atomic E-state index is 5.93. The van der Waals surface area contributed by atoms with E-state index in [4.69, 9.17) is 9.47 Å². The van der Waals surface area contributed by atoms with Crippen LogP contribution in [0.3, 0.4) is 0 Å². The van der Waals surface area contributed by atoms with Crippen molar-refractivity contribution in [1.29, 1.82) is 0 Å². The first kappa shape index (κ1) is 18.3. The van der Waals surface area contributed by atoms with Gasteiger partial charge in [0, 0.05) is 23.9 Å². The highest BCUT2D eigenvalue weighted by Crippen LogP contribution is 2.25. The van der Waals surface area contributed by atoms with Gasteiger partial charge in [-0.1, -0.05) is 65.2 Å². The number of halogens is 1. The largest absolute Gasteiger partial charge is 0.493 e. The Bertz CT molecular complexity index is 551. The molecular formula is C20H27BrO2. The predicted octanol–water partition coefficient (Wildman–Crippen LogP) is 5.97. The minimum atomic E-state index is 0.753. The molecule has 0 unspecified atom stereocenters. The SMILES string of the molecule is BrCCCCCCOCCCCOc1cccc2ccccc12. The molecule has 126 valence electrons. The van der Waals surface area contributed by atoms with Gasteiger partial charge in [0.15, 0.2) is 0 Å². The van der Waals surface area contributed by atoms with Crippen LogP contribution in [0.15, 0.2) is 42.5 Å². The van der Waals surface area contributed by atoms with Crippen molar-refractivity contribution < 1.29 is 9.47 Å². The van der Waals surface area contributed by atoms with Gasteiger partial charge in [0.05, 0.1) is 6.61 Å². The molecule has 2 aromatic rings. The Morgan fingerprint density at radius 1 is 0.696 bits per heavy atom. The molecule has 0 N–H and O–H groups in total. The number of rotatable bonds is 12. The fourth-order valence-corrected chi connectivity index (χ4v) is 2.96. The monoisotopic (exact) mass is 378 g/mol. The summed E-state index contributed by atoms with van der Waals surface area (Å²) >= 11 is 3.45. The molecule has 0 heterocycles. The Morgan fingerprint density at radius 2 is 1.39 bits per heavy atom. The minimum absolute atomic E-state index is 0.753. The molecule has 0 aliphatic heterocycles. The Labute approximate surface area is 148 Å². The van der Waals surface area contributed by atoms with Crippen molar-refractivity contribution in [2.45, 2.75) is 38.5 Å². The Balaban J connectivity index is 1.54. The number of benzene rings is 2. The zero-order chi connectivity index (χ0) is 16.2. The number of hydrogen-bond donors (Lipinski definition) is 0. The average molecular weight is 379 g/mol. The number of unbranched alkanes of at least 4 members (excludes halogenated alkanes) is 4. The summed E-state index contributed by atoms with van der Waals surface area (Å²) in [7, 11) is 0. The fraction of sp³-hybridized carbons (Fsp3) is 0.500. The molecule has 3 heteroatoms. The van der Waals surface area contributed by atoms with E-state index in [9.17, 15) is 0 Å². The third-order valence-electron chi connectivity index (χ3n) is 3.86. The van der Waals surface area contributed by atoms with Gasteiger partial charge in [-0.25, -0.2) is 0 Å². The second-order valence-electron chi connectivity index (χ2n) is 5.75. The van der Waals surface area contributed by atoms with Crippen molar-refractivity contribution in [2.24, 2.45) is 0 Å². The maximum absolute atomic E-state index is 5.93. The molecule has 0 aromatic heterocycles. The van der Waals surface area contributed by atoms with Crippen LogP contribution in [0.4, 0.5) is 0 Å². The summed E-state index contributed by atoms with van der Waals surface area (Å²) in [5.41, 5.74) is 0. The van der Waals surface area contributed by atoms with Gasteiger partial charge in [-0.2, -0.15) is 0 Å². The molecule has 2 nitrogen and oxygen atoms in total. The Hall–Kier alpha value is -1.06. The summed E-state index contributed by atoms with van der Waals surface area (Å²) in [6.07, 6.45) is 7.12. The summed E-state index contributed by atoms with van der Waals surface area (Å²) < 4.78 is 11.6. The van der Waals surface area contributed by atoms with E-state index in [0.717, 1.165) is 43.7 Å². The topological polar surface area (TPSA) is 18.5 Å². The molecule has 23 heavy (non-hydrogen) atoms. The van der Waals surface area contributed by atoms with Gasteiger partial charge in [0.2, 0.25) is 0 Å². The lowest BCUT2D eigenvalue weighted by Gasteiger charge is -2.09. The van der Waals surface area contributed by atoms with Crippen LogP contribution in [0.2, 0.25) is 0 Å². The van der Waals surface area contributed by atoms with Crippen molar-refractivity contribution >= 4 is 26.7 Å². The number of alkyl halides is 1. The lowest BCUT2D eigenvalue weighted by molar-refractivity contribution is 0.122. The molecule has 0 radical (unpaired) electrons. The van der Waals surface area contributed by atoms with Gasteiger partial charge in [-0.05, 0) is 37.1 Å². The number of hydrogen-bond acceptors (Lipinski definition) is 2. The molecule has 0 saturated carbocycles. The van der Waals surface area contributed by atoms with Gasteiger partial charge >= 0.3 is 0 Å². The smallest absolute Gasteiger partial charge is 0.127 e. The van der Waals surface area contributed by atoms with Crippen molar-refractivity contribution in [3.05, 3.63) is 42.5 Å². The lowest BCUT2D eigenvalue weighted by Crippen LogP contribution is -2.02. The third kappa shape index (κ3) is 6.92. The summed E-state index contributed by atoms with van der Waals surface area (Å²) in [6, 6.07) is 14.6. The van der Waals surface area contributed by atoms with Gasteiger partial charge in [0.25, 0.3) is 0 Å². The van der Waals surface area contributed by atoms with Crippen LogP contribution in [0, 0.1) is 0 Å². The van der Waals surface area contributed by atoms with E-state index in [-0.39, 0.29) is 0 Å². The number of ether oxygens (including phenoxy) is 2. The third-order valence-corrected chi connectivity index (χ3v) is 4.42. The quantitative estimate of drug-likeness (QED) is 0.334. The average Bonchev–Trinajstić information content (AvgIpc) is 2.60. The molecule has 0 fully saturated rings. The van der Waals surface area contributed by atoms with Crippen LogP contribution >= 0.6 is 15.9 Å². The summed E-state index contributed by atoms with van der Waals surface area (Å²) in [5, 5.41) is 3.54. The predicted molar refractivity (Wildman–Crippen MR) is 102 cm³/mol. The van der Waals surface area contributed by atoms with Gasteiger partial charge < -0.3 is 9.47 Å². The highest BCUT2D eigenvalue weighted by Gasteiger charge is 2.00. The Morgan fingerprint density at radius 3 is 2.26 bits per heavy atom. The normalized spacial score (nSPS) is 11.0. The van der Waals surface area contributed by atoms with Crippen LogP contribution < -0.4 is 4.74 Å². The molecule has 0 spiro atoms. The fourth-order valence-electron chi connectivity index (χ4n) is 2.56. The second-order valence-corrected chi connectivity index (χ2v) is 6.54. The Kier molecular flexibility index (Phi) is 9.12. The number of fused-ring (bicyclic) bond motifs is 1. The van der Waals surface area contributed by atoms with Crippen LogP contribution in [0.25, 0.3) is 10.8 Å². The maximum Gasteiger partial charge on any atom is 0.127 e. The summed E-state index contributed by atoms with van der Waals surface area (Å²) in [4.78, 5) is 0. The van der Waals surface area contributed by atoms with Gasteiger partial charge in [0.1, 0.15) is 5.75 Å². The van der Waals surface area contributed by atoms with Gasteiger partial charge in [-0.3, -0.25) is 0 Å². The van der Waals surface area contributed by atoms with E-state index in [1.54, 1.807) is 0 Å². The van der Waals surface area contributed by atoms with Gasteiger partial charge in [-0.15, -0.1) is 0 Å². The van der Waals surface area contributed by atoms with Crippen LogP contribution in [-0.4, -0.2) is 25.2 Å². The van der Waals surface area contributed by atoms with E-state index in [2.05, 4.69) is 52.3 Å². The molecular weight excluding hydrogens is 352 g/mol. The van der Waals surface area contributed by atoms with E-state index >= 15 is 0 Å². The first-order valence-electron chi connectivity index (χ1n) is 8.66. The molecule has 0 saturated heterocycles. The standard InChI is InChI=1S/C20H27BrO2/c21-14-5-1-2-6-15-22-16-7-8-17-23-20-13-9-11-18-10-3-4-12-19(18)20/h3-4,9-13H,1-2,5-8,14-17H2. The molecule has 0 aliphatic rings. The first-order chi connectivity index (χ1) is 11.4. The summed E-state index contributed by atoms with van der Waals surface area (Å²) in [6.45, 7) is 2.49. The first-order valence-corrected chi connectivity index (χ1v) is 9.78. The van der Waals surface area contributed by atoms with E-state index in [1.807, 2.05) is 6.07 Å². The zero-order valence-electron chi connectivity index (χ0n) is 13.8.